The predicted octanol–water partition coefficient (Wildman–Crippen LogP) is 3.53. The van der Waals surface area contributed by atoms with E-state index < -0.39 is 32.6 Å². The highest BCUT2D eigenvalue weighted by molar-refractivity contribution is 7.92. The maximum Gasteiger partial charge on any atom is 0.337 e. The maximum atomic E-state index is 14.7. The Hall–Kier alpha value is -4.19. The number of aryl methyl sites for hydroxylation is 2. The van der Waals surface area contributed by atoms with Gasteiger partial charge >= 0.3 is 5.69 Å². The maximum absolute atomic E-state index is 14.7. The van der Waals surface area contributed by atoms with Gasteiger partial charge in [-0.25, -0.2) is 22.2 Å². The van der Waals surface area contributed by atoms with E-state index in [1.54, 1.807) is 38.1 Å². The molecule has 0 saturated heterocycles. The van der Waals surface area contributed by atoms with Crippen molar-refractivity contribution >= 4 is 38.1 Å². The molecule has 1 fully saturated rings. The smallest absolute Gasteiger partial charge is 0.337 e. The van der Waals surface area contributed by atoms with E-state index in [-0.39, 0.29) is 45.6 Å². The molecule has 0 aliphatic heterocycles. The Labute approximate surface area is 223 Å². The van der Waals surface area contributed by atoms with Crippen LogP contribution < -0.4 is 26.8 Å². The lowest BCUT2D eigenvalue weighted by Crippen LogP contribution is -2.41. The summed E-state index contributed by atoms with van der Waals surface area (Å²) in [5.74, 6) is -0.641. The number of aromatic nitrogens is 3. The van der Waals surface area contributed by atoms with Gasteiger partial charge in [0.1, 0.15) is 16.9 Å². The molecule has 39 heavy (non-hydrogen) atoms. The van der Waals surface area contributed by atoms with Crippen LogP contribution in [0.15, 0.2) is 62.9 Å². The molecule has 4 aromatic rings. The molecule has 2 aromatic heterocycles. The third-order valence-electron chi connectivity index (χ3n) is 6.61. The number of nitrogens with zero attached hydrogens (tertiary/aromatic N) is 3. The highest BCUT2D eigenvalue weighted by Crippen LogP contribution is 2.34. The van der Waals surface area contributed by atoms with E-state index in [9.17, 15) is 27.2 Å². The molecule has 1 aliphatic carbocycles. The van der Waals surface area contributed by atoms with E-state index >= 15 is 0 Å². The van der Waals surface area contributed by atoms with Crippen molar-refractivity contribution in [2.24, 2.45) is 7.05 Å². The molecule has 204 valence electrons. The highest BCUT2D eigenvalue weighted by atomic mass is 32.2. The molecule has 0 unspecified atom stereocenters. The zero-order valence-corrected chi connectivity index (χ0v) is 22.5. The second-order valence-corrected chi connectivity index (χ2v) is 11.6. The number of benzene rings is 2. The molecule has 0 bridgehead atoms. The van der Waals surface area contributed by atoms with Gasteiger partial charge in [0.15, 0.2) is 0 Å². The zero-order chi connectivity index (χ0) is 28.1. The summed E-state index contributed by atoms with van der Waals surface area (Å²) in [7, 11) is -2.18. The number of pyridine rings is 1. The number of nitrogens with one attached hydrogen (secondary N) is 2. The van der Waals surface area contributed by atoms with Gasteiger partial charge < -0.3 is 5.32 Å². The normalized spacial score (nSPS) is 13.5. The quantitative estimate of drug-likeness (QED) is 0.344. The van der Waals surface area contributed by atoms with Crippen molar-refractivity contribution in [3.05, 3.63) is 91.1 Å². The highest BCUT2D eigenvalue weighted by Gasteiger charge is 2.31. The average Bonchev–Trinajstić information content (AvgIpc) is 3.69. The average molecular weight is 554 g/mol. The number of halogens is 1. The Kier molecular flexibility index (Phi) is 6.67. The molecule has 0 atom stereocenters. The van der Waals surface area contributed by atoms with Crippen molar-refractivity contribution in [2.45, 2.75) is 39.2 Å². The molecule has 5 rings (SSSR count). The number of sulfonamides is 1. The first-order chi connectivity index (χ1) is 18.5. The van der Waals surface area contributed by atoms with Crippen molar-refractivity contribution < 1.29 is 12.8 Å². The minimum absolute atomic E-state index is 0.00187. The summed E-state index contributed by atoms with van der Waals surface area (Å²) < 4.78 is 45.6. The predicted molar refractivity (Wildman–Crippen MR) is 149 cm³/mol. The van der Waals surface area contributed by atoms with Gasteiger partial charge in [0.25, 0.3) is 11.1 Å². The molecule has 0 spiro atoms. The summed E-state index contributed by atoms with van der Waals surface area (Å²) >= 11 is 0. The van der Waals surface area contributed by atoms with Crippen molar-refractivity contribution in [1.82, 2.24) is 13.7 Å². The Bertz CT molecular complexity index is 1910. The fourth-order valence-electron chi connectivity index (χ4n) is 4.62. The van der Waals surface area contributed by atoms with Crippen LogP contribution in [0, 0.1) is 12.7 Å². The molecule has 2 N–H and O–H groups in total. The van der Waals surface area contributed by atoms with Crippen LogP contribution in [0.4, 0.5) is 21.5 Å². The van der Waals surface area contributed by atoms with E-state index in [4.69, 9.17) is 0 Å². The first kappa shape index (κ1) is 26.4. The zero-order valence-electron chi connectivity index (χ0n) is 21.7. The van der Waals surface area contributed by atoms with Crippen molar-refractivity contribution in [3.63, 3.8) is 0 Å². The van der Waals surface area contributed by atoms with E-state index in [2.05, 4.69) is 10.0 Å². The topological polar surface area (TPSA) is 124 Å². The van der Waals surface area contributed by atoms with Gasteiger partial charge in [-0.2, -0.15) is 0 Å². The summed E-state index contributed by atoms with van der Waals surface area (Å²) in [5, 5.41) is 2.91. The third kappa shape index (κ3) is 4.99. The number of hydrogen-bond acceptors (Lipinski definition) is 6. The Morgan fingerprint density at radius 1 is 1.03 bits per heavy atom. The van der Waals surface area contributed by atoms with Crippen molar-refractivity contribution in [3.8, 4) is 5.69 Å². The summed E-state index contributed by atoms with van der Waals surface area (Å²) in [6.07, 6.45) is 1.70. The molecule has 0 radical (unpaired) electrons. The number of fused-ring (bicyclic) bond motifs is 1. The van der Waals surface area contributed by atoms with Crippen molar-refractivity contribution in [2.75, 3.05) is 15.8 Å². The lowest BCUT2D eigenvalue weighted by atomic mass is 10.2. The summed E-state index contributed by atoms with van der Waals surface area (Å²) in [6.45, 7) is 3.49. The largest absolute Gasteiger partial charge is 0.352 e. The van der Waals surface area contributed by atoms with Crippen LogP contribution in [0.1, 0.15) is 37.8 Å². The SMILES string of the molecule is CCCS(=O)(=O)Nc1cccc(-n2c(=O)n(C3CC3)c(=O)c3c(Nc4ccc(C)cc4F)cc(=O)n(C)c32)c1. The summed E-state index contributed by atoms with van der Waals surface area (Å²) in [5.41, 5.74) is -0.480. The fourth-order valence-corrected chi connectivity index (χ4v) is 5.75. The molecular formula is C27H28FN5O5S. The molecule has 2 aromatic carbocycles. The fraction of sp³-hybridized carbons (Fsp3) is 0.296. The molecule has 1 saturated carbocycles. The minimum atomic E-state index is -3.61. The van der Waals surface area contributed by atoms with E-state index in [0.717, 1.165) is 4.57 Å². The molecule has 0 amide bonds. The first-order valence-electron chi connectivity index (χ1n) is 12.6. The molecule has 12 heteroatoms. The molecule has 1 aliphatic rings. The van der Waals surface area contributed by atoms with Crippen LogP contribution in [0.2, 0.25) is 0 Å². The third-order valence-corrected chi connectivity index (χ3v) is 8.10. The molecular weight excluding hydrogens is 525 g/mol. The van der Waals surface area contributed by atoms with Crippen LogP contribution >= 0.6 is 0 Å². The lowest BCUT2D eigenvalue weighted by molar-refractivity contribution is 0.600. The lowest BCUT2D eigenvalue weighted by Gasteiger charge is -2.19. The van der Waals surface area contributed by atoms with Gasteiger partial charge in [-0.3, -0.25) is 23.4 Å². The van der Waals surface area contributed by atoms with Gasteiger partial charge in [-0.05, 0) is 62.1 Å². The van der Waals surface area contributed by atoms with Crippen LogP contribution in [0.25, 0.3) is 16.7 Å². The van der Waals surface area contributed by atoms with E-state index in [0.29, 0.717) is 24.8 Å². The van der Waals surface area contributed by atoms with Gasteiger partial charge in [0.05, 0.1) is 28.5 Å². The molecule has 2 heterocycles. The number of hydrogen-bond donors (Lipinski definition) is 2. The Morgan fingerprint density at radius 2 is 1.77 bits per heavy atom. The molecule has 10 nitrogen and oxygen atoms in total. The van der Waals surface area contributed by atoms with Crippen LogP contribution in [0.5, 0.6) is 0 Å². The van der Waals surface area contributed by atoms with E-state index in [1.807, 2.05) is 0 Å². The summed E-state index contributed by atoms with van der Waals surface area (Å²) in [6, 6.07) is 11.6. The first-order valence-corrected chi connectivity index (χ1v) is 14.2. The van der Waals surface area contributed by atoms with Gasteiger partial charge in [0, 0.05) is 19.2 Å². The number of rotatable bonds is 8. The standard InChI is InChI=1S/C27H28FN5O5S/c1-4-12-39(37,38)30-17-6-5-7-19(14-17)32-25-24(26(35)33(27(32)36)18-9-10-18)22(15-23(34)31(25)3)29-21-11-8-16(2)13-20(21)28/h5-8,11,13-15,18,29-30H,4,9-10,12H2,1-3H3. The van der Waals surface area contributed by atoms with Gasteiger partial charge in [-0.1, -0.05) is 19.1 Å². The second-order valence-electron chi connectivity index (χ2n) is 9.76. The van der Waals surface area contributed by atoms with Gasteiger partial charge in [-0.15, -0.1) is 0 Å². The van der Waals surface area contributed by atoms with E-state index in [1.165, 1.54) is 40.4 Å². The van der Waals surface area contributed by atoms with Crippen molar-refractivity contribution in [1.29, 1.82) is 0 Å². The van der Waals surface area contributed by atoms with Crippen LogP contribution in [-0.4, -0.2) is 27.9 Å². The Balaban J connectivity index is 1.81. The second kappa shape index (κ2) is 9.84. The minimum Gasteiger partial charge on any atom is -0.352 e. The number of anilines is 3. The monoisotopic (exact) mass is 553 g/mol. The Morgan fingerprint density at radius 3 is 2.44 bits per heavy atom. The van der Waals surface area contributed by atoms with Gasteiger partial charge in [0.2, 0.25) is 10.0 Å². The van der Waals surface area contributed by atoms with Crippen LogP contribution in [0.3, 0.4) is 0 Å². The van der Waals surface area contributed by atoms with Crippen LogP contribution in [-0.2, 0) is 17.1 Å². The summed E-state index contributed by atoms with van der Waals surface area (Å²) in [4.78, 5) is 40.6.